The van der Waals surface area contributed by atoms with E-state index in [9.17, 15) is 13.6 Å². The Morgan fingerprint density at radius 2 is 1.91 bits per heavy atom. The number of ether oxygens (including phenoxy) is 2. The van der Waals surface area contributed by atoms with E-state index in [0.717, 1.165) is 18.1 Å². The third-order valence-corrected chi connectivity index (χ3v) is 5.63. The van der Waals surface area contributed by atoms with Crippen molar-refractivity contribution in [1.82, 2.24) is 15.1 Å². The number of benzene rings is 2. The highest BCUT2D eigenvalue weighted by Gasteiger charge is 2.29. The molecule has 8 heteroatoms. The number of halogens is 2. The van der Waals surface area contributed by atoms with E-state index in [4.69, 9.17) is 9.47 Å². The predicted octanol–water partition coefficient (Wildman–Crippen LogP) is 3.82. The lowest BCUT2D eigenvalue weighted by molar-refractivity contribution is 0.00620. The molecule has 1 fully saturated rings. The first-order valence-electron chi connectivity index (χ1n) is 10.5. The van der Waals surface area contributed by atoms with Crippen LogP contribution in [-0.2, 0) is 24.2 Å². The molecule has 0 spiro atoms. The number of nitrogens with zero attached hydrogens (tertiary/aromatic N) is 2. The van der Waals surface area contributed by atoms with Crippen LogP contribution in [0.1, 0.15) is 45.6 Å². The molecule has 1 aliphatic rings. The van der Waals surface area contributed by atoms with Crippen LogP contribution in [0, 0.1) is 11.6 Å². The Balaban J connectivity index is 1.53. The average Bonchev–Trinajstić information content (AvgIpc) is 3.16. The maximum absolute atomic E-state index is 14.4. The minimum atomic E-state index is -0.827. The minimum Gasteiger partial charge on any atom is -0.494 e. The molecular weight excluding hydrogens is 416 g/mol. The summed E-state index contributed by atoms with van der Waals surface area (Å²) in [6.07, 6.45) is 2.64. The second kappa shape index (κ2) is 9.48. The molecular formula is C24H25F2N3O3. The summed E-state index contributed by atoms with van der Waals surface area (Å²) in [5.41, 5.74) is 3.07. The summed E-state index contributed by atoms with van der Waals surface area (Å²) in [5, 5.41) is 7.23. The molecule has 0 bridgehead atoms. The highest BCUT2D eigenvalue weighted by Crippen LogP contribution is 2.27. The zero-order valence-corrected chi connectivity index (χ0v) is 18.0. The van der Waals surface area contributed by atoms with Crippen LogP contribution >= 0.6 is 0 Å². The van der Waals surface area contributed by atoms with Crippen LogP contribution in [0.2, 0.25) is 0 Å². The molecule has 0 aliphatic carbocycles. The van der Waals surface area contributed by atoms with Gasteiger partial charge in [0, 0.05) is 18.3 Å². The second-order valence-electron chi connectivity index (χ2n) is 7.75. The molecule has 1 amide bonds. The van der Waals surface area contributed by atoms with E-state index >= 15 is 0 Å². The van der Waals surface area contributed by atoms with Crippen molar-refractivity contribution in [3.8, 4) is 5.75 Å². The Hall–Kier alpha value is -3.26. The summed E-state index contributed by atoms with van der Waals surface area (Å²) < 4.78 is 40.4. The summed E-state index contributed by atoms with van der Waals surface area (Å²) >= 11 is 0. The van der Waals surface area contributed by atoms with Crippen molar-refractivity contribution in [3.05, 3.63) is 82.2 Å². The van der Waals surface area contributed by atoms with Gasteiger partial charge in [0.1, 0.15) is 5.82 Å². The molecule has 6 nitrogen and oxygen atoms in total. The lowest BCUT2D eigenvalue weighted by atomic mass is 10.00. The van der Waals surface area contributed by atoms with Gasteiger partial charge in [-0.1, -0.05) is 31.2 Å². The van der Waals surface area contributed by atoms with E-state index in [2.05, 4.69) is 29.5 Å². The first kappa shape index (κ1) is 22.0. The zero-order chi connectivity index (χ0) is 22.7. The number of amides is 1. The van der Waals surface area contributed by atoms with Crippen LogP contribution in [0.25, 0.3) is 0 Å². The number of carbonyl (C=O) groups is 1. The Labute approximate surface area is 185 Å². The number of aromatic nitrogens is 2. The maximum Gasteiger partial charge on any atom is 0.255 e. The predicted molar refractivity (Wildman–Crippen MR) is 115 cm³/mol. The Bertz CT molecular complexity index is 1110. The van der Waals surface area contributed by atoms with Crippen molar-refractivity contribution >= 4 is 5.91 Å². The van der Waals surface area contributed by atoms with Crippen LogP contribution in [0.15, 0.2) is 42.6 Å². The summed E-state index contributed by atoms with van der Waals surface area (Å²) in [6, 6.07) is 10.6. The number of hydrogen-bond donors (Lipinski definition) is 1. The van der Waals surface area contributed by atoms with Crippen molar-refractivity contribution in [1.29, 1.82) is 0 Å². The van der Waals surface area contributed by atoms with Gasteiger partial charge < -0.3 is 14.8 Å². The highest BCUT2D eigenvalue weighted by molar-refractivity contribution is 5.95. The number of methoxy groups -OCH3 is 1. The standard InChI is InChI=1S/C24H25F2N3O3/c1-3-15-4-6-16(7-5-15)11-29-12-19(23(28-29)17-13-32-14-17)24(30)27-10-18-20(25)8-9-21(31-2)22(18)26/h4-9,12,17H,3,10-11,13-14H2,1-2H3,(H,27,30). The second-order valence-corrected chi connectivity index (χ2v) is 7.75. The van der Waals surface area contributed by atoms with Crippen molar-refractivity contribution in [2.24, 2.45) is 0 Å². The van der Waals surface area contributed by atoms with E-state index in [-0.39, 0.29) is 23.8 Å². The Morgan fingerprint density at radius 1 is 1.19 bits per heavy atom. The topological polar surface area (TPSA) is 65.4 Å². The summed E-state index contributed by atoms with van der Waals surface area (Å²) in [6.45, 7) is 3.28. The van der Waals surface area contributed by atoms with Gasteiger partial charge in [-0.3, -0.25) is 9.48 Å². The smallest absolute Gasteiger partial charge is 0.255 e. The van der Waals surface area contributed by atoms with Gasteiger partial charge >= 0.3 is 0 Å². The van der Waals surface area contributed by atoms with Crippen LogP contribution in [0.4, 0.5) is 8.78 Å². The van der Waals surface area contributed by atoms with Crippen LogP contribution in [-0.4, -0.2) is 36.0 Å². The molecule has 1 aromatic heterocycles. The van der Waals surface area contributed by atoms with Crippen molar-refractivity contribution in [3.63, 3.8) is 0 Å². The molecule has 3 aromatic rings. The van der Waals surface area contributed by atoms with Crippen molar-refractivity contribution in [2.75, 3.05) is 20.3 Å². The molecule has 32 heavy (non-hydrogen) atoms. The number of rotatable bonds is 8. The zero-order valence-electron chi connectivity index (χ0n) is 18.0. The number of carbonyl (C=O) groups excluding carboxylic acids is 1. The van der Waals surface area contributed by atoms with Gasteiger partial charge in [0.25, 0.3) is 5.91 Å². The molecule has 1 N–H and O–H groups in total. The van der Waals surface area contributed by atoms with Gasteiger partial charge in [0.05, 0.1) is 44.0 Å². The molecule has 168 valence electrons. The summed E-state index contributed by atoms with van der Waals surface area (Å²) in [4.78, 5) is 12.9. The molecule has 1 saturated heterocycles. The van der Waals surface area contributed by atoms with E-state index in [0.29, 0.717) is 31.0 Å². The quantitative estimate of drug-likeness (QED) is 0.577. The van der Waals surface area contributed by atoms with E-state index in [1.165, 1.54) is 18.7 Å². The summed E-state index contributed by atoms with van der Waals surface area (Å²) in [7, 11) is 1.30. The van der Waals surface area contributed by atoms with Gasteiger partial charge in [-0.05, 0) is 29.7 Å². The Morgan fingerprint density at radius 3 is 2.53 bits per heavy atom. The Kier molecular flexibility index (Phi) is 6.50. The lowest BCUT2D eigenvalue weighted by Crippen LogP contribution is -2.30. The van der Waals surface area contributed by atoms with E-state index < -0.39 is 17.5 Å². The van der Waals surface area contributed by atoms with E-state index in [1.54, 1.807) is 10.9 Å². The molecule has 2 heterocycles. The highest BCUT2D eigenvalue weighted by atomic mass is 19.1. The molecule has 0 saturated carbocycles. The molecule has 0 atom stereocenters. The fourth-order valence-corrected chi connectivity index (χ4v) is 3.61. The fraction of sp³-hybridized carbons (Fsp3) is 0.333. The van der Waals surface area contributed by atoms with Crippen molar-refractivity contribution < 1.29 is 23.0 Å². The normalized spacial score (nSPS) is 13.6. The van der Waals surface area contributed by atoms with Gasteiger partial charge in [0.2, 0.25) is 0 Å². The molecule has 0 radical (unpaired) electrons. The molecule has 0 unspecified atom stereocenters. The van der Waals surface area contributed by atoms with Gasteiger partial charge in [0.15, 0.2) is 11.6 Å². The minimum absolute atomic E-state index is 0.0183. The third kappa shape index (κ3) is 4.50. The number of aryl methyl sites for hydroxylation is 1. The summed E-state index contributed by atoms with van der Waals surface area (Å²) in [5.74, 6) is -2.08. The van der Waals surface area contributed by atoms with Crippen LogP contribution < -0.4 is 10.1 Å². The molecule has 4 rings (SSSR count). The van der Waals surface area contributed by atoms with Gasteiger partial charge in [-0.2, -0.15) is 5.10 Å². The molecule has 2 aromatic carbocycles. The number of hydrogen-bond acceptors (Lipinski definition) is 4. The van der Waals surface area contributed by atoms with Gasteiger partial charge in [-0.25, -0.2) is 8.78 Å². The maximum atomic E-state index is 14.4. The van der Waals surface area contributed by atoms with E-state index in [1.807, 2.05) is 12.1 Å². The average molecular weight is 441 g/mol. The first-order chi connectivity index (χ1) is 15.5. The largest absolute Gasteiger partial charge is 0.494 e. The lowest BCUT2D eigenvalue weighted by Gasteiger charge is -2.25. The SMILES string of the molecule is CCc1ccc(Cn2cc(C(=O)NCc3c(F)ccc(OC)c3F)c(C3COC3)n2)cc1. The van der Waals surface area contributed by atoms with Gasteiger partial charge in [-0.15, -0.1) is 0 Å². The first-order valence-corrected chi connectivity index (χ1v) is 10.5. The number of nitrogens with one attached hydrogen (secondary N) is 1. The van der Waals surface area contributed by atoms with Crippen LogP contribution in [0.3, 0.4) is 0 Å². The monoisotopic (exact) mass is 441 g/mol. The van der Waals surface area contributed by atoms with Crippen molar-refractivity contribution in [2.45, 2.75) is 32.4 Å². The molecule has 1 aliphatic heterocycles. The third-order valence-electron chi connectivity index (χ3n) is 5.63. The van der Waals surface area contributed by atoms with Crippen LogP contribution in [0.5, 0.6) is 5.75 Å². The fourth-order valence-electron chi connectivity index (χ4n) is 3.61.